The minimum absolute atomic E-state index is 0.139. The molecule has 0 amide bonds. The van der Waals surface area contributed by atoms with Crippen molar-refractivity contribution in [2.24, 2.45) is 0 Å². The minimum atomic E-state index is -0.840. The molecule has 1 heterocycles. The molecule has 1 nitrogen and oxygen atoms in total. The molecule has 0 saturated carbocycles. The van der Waals surface area contributed by atoms with Gasteiger partial charge in [-0.1, -0.05) is 13.0 Å². The number of halogens is 3. The highest BCUT2D eigenvalue weighted by Gasteiger charge is 2.20. The Morgan fingerprint density at radius 3 is 2.68 bits per heavy atom. The summed E-state index contributed by atoms with van der Waals surface area (Å²) in [4.78, 5) is 1.19. The predicted octanol–water partition coefficient (Wildman–Crippen LogP) is 4.80. The molecule has 5 heteroatoms. The summed E-state index contributed by atoms with van der Waals surface area (Å²) in [5.41, 5.74) is 1.77. The van der Waals surface area contributed by atoms with Gasteiger partial charge in [0.1, 0.15) is 0 Å². The molecule has 1 atom stereocenters. The second kappa shape index (κ2) is 6.11. The van der Waals surface area contributed by atoms with Crippen LogP contribution in [-0.2, 0) is 0 Å². The SMILES string of the molecule is CCNC(c1csc(C)c1)c1ccc(F)c(F)c1Br. The fraction of sp³-hybridized carbons (Fsp3) is 0.286. The highest BCUT2D eigenvalue weighted by molar-refractivity contribution is 9.10. The van der Waals surface area contributed by atoms with E-state index < -0.39 is 11.6 Å². The molecule has 2 aromatic rings. The number of nitrogens with one attached hydrogen (secondary N) is 1. The monoisotopic (exact) mass is 345 g/mol. The van der Waals surface area contributed by atoms with Crippen molar-refractivity contribution in [1.82, 2.24) is 5.32 Å². The summed E-state index contributed by atoms with van der Waals surface area (Å²) in [7, 11) is 0. The van der Waals surface area contributed by atoms with E-state index in [0.29, 0.717) is 5.56 Å². The highest BCUT2D eigenvalue weighted by Crippen LogP contribution is 2.33. The lowest BCUT2D eigenvalue weighted by molar-refractivity contribution is 0.498. The minimum Gasteiger partial charge on any atom is -0.306 e. The molecule has 0 saturated heterocycles. The molecule has 0 aliphatic rings. The third-order valence-electron chi connectivity index (χ3n) is 2.87. The van der Waals surface area contributed by atoms with Crippen LogP contribution in [0.4, 0.5) is 8.78 Å². The average molecular weight is 346 g/mol. The first-order valence-corrected chi connectivity index (χ1v) is 7.63. The van der Waals surface area contributed by atoms with Gasteiger partial charge in [0.15, 0.2) is 11.6 Å². The van der Waals surface area contributed by atoms with Crippen molar-refractivity contribution >= 4 is 27.3 Å². The standard InChI is InChI=1S/C14H14BrF2NS/c1-3-18-14(9-6-8(2)19-7-9)10-4-5-11(16)13(17)12(10)15/h4-7,14,18H,3H2,1-2H3. The normalized spacial score (nSPS) is 12.7. The van der Waals surface area contributed by atoms with E-state index in [1.807, 2.05) is 19.2 Å². The number of benzene rings is 1. The average Bonchev–Trinajstić information content (AvgIpc) is 2.81. The van der Waals surface area contributed by atoms with Crippen molar-refractivity contribution in [2.45, 2.75) is 19.9 Å². The lowest BCUT2D eigenvalue weighted by Crippen LogP contribution is -2.22. The number of aryl methyl sites for hydroxylation is 1. The zero-order chi connectivity index (χ0) is 14.0. The zero-order valence-corrected chi connectivity index (χ0v) is 13.0. The molecule has 102 valence electrons. The van der Waals surface area contributed by atoms with Crippen LogP contribution in [0.15, 0.2) is 28.1 Å². The van der Waals surface area contributed by atoms with Gasteiger partial charge < -0.3 is 5.32 Å². The largest absolute Gasteiger partial charge is 0.306 e. The highest BCUT2D eigenvalue weighted by atomic mass is 79.9. The lowest BCUT2D eigenvalue weighted by Gasteiger charge is -2.19. The van der Waals surface area contributed by atoms with Crippen LogP contribution in [0.25, 0.3) is 0 Å². The number of hydrogen-bond donors (Lipinski definition) is 1. The molecule has 1 unspecified atom stereocenters. The van der Waals surface area contributed by atoms with Crippen molar-refractivity contribution in [3.63, 3.8) is 0 Å². The summed E-state index contributed by atoms with van der Waals surface area (Å²) in [5.74, 6) is -1.68. The van der Waals surface area contributed by atoms with Gasteiger partial charge in [-0.3, -0.25) is 0 Å². The van der Waals surface area contributed by atoms with Gasteiger partial charge in [-0.2, -0.15) is 0 Å². The molecule has 1 aromatic carbocycles. The van der Waals surface area contributed by atoms with Crippen LogP contribution in [0.5, 0.6) is 0 Å². The van der Waals surface area contributed by atoms with Crippen LogP contribution in [-0.4, -0.2) is 6.54 Å². The van der Waals surface area contributed by atoms with E-state index in [4.69, 9.17) is 0 Å². The fourth-order valence-corrected chi connectivity index (χ4v) is 3.27. The van der Waals surface area contributed by atoms with E-state index in [2.05, 4.69) is 27.3 Å². The maximum atomic E-state index is 13.7. The van der Waals surface area contributed by atoms with Gasteiger partial charge in [0, 0.05) is 4.88 Å². The Labute approximate surface area is 123 Å². The van der Waals surface area contributed by atoms with Gasteiger partial charge in [-0.15, -0.1) is 11.3 Å². The van der Waals surface area contributed by atoms with Crippen LogP contribution >= 0.6 is 27.3 Å². The third kappa shape index (κ3) is 3.04. The van der Waals surface area contributed by atoms with E-state index in [-0.39, 0.29) is 10.5 Å². The van der Waals surface area contributed by atoms with Crippen LogP contribution in [0.2, 0.25) is 0 Å². The van der Waals surface area contributed by atoms with E-state index in [1.54, 1.807) is 17.4 Å². The first-order valence-electron chi connectivity index (χ1n) is 5.96. The third-order valence-corrected chi connectivity index (χ3v) is 4.55. The maximum absolute atomic E-state index is 13.7. The summed E-state index contributed by atoms with van der Waals surface area (Å²) in [6.45, 7) is 4.75. The molecular formula is C14H14BrF2NS. The molecule has 0 radical (unpaired) electrons. The first-order chi connectivity index (χ1) is 9.04. The predicted molar refractivity (Wildman–Crippen MR) is 78.6 cm³/mol. The van der Waals surface area contributed by atoms with Gasteiger partial charge in [0.05, 0.1) is 10.5 Å². The Hall–Kier alpha value is -0.780. The molecule has 0 spiro atoms. The molecular weight excluding hydrogens is 332 g/mol. The Morgan fingerprint density at radius 2 is 2.11 bits per heavy atom. The van der Waals surface area contributed by atoms with Crippen molar-refractivity contribution in [3.8, 4) is 0 Å². The van der Waals surface area contributed by atoms with Crippen LogP contribution in [0.3, 0.4) is 0 Å². The van der Waals surface area contributed by atoms with Gasteiger partial charge in [-0.25, -0.2) is 8.78 Å². The van der Waals surface area contributed by atoms with E-state index in [1.165, 1.54) is 10.9 Å². The smallest absolute Gasteiger partial charge is 0.173 e. The van der Waals surface area contributed by atoms with Gasteiger partial charge in [0.2, 0.25) is 0 Å². The first kappa shape index (κ1) is 14.6. The van der Waals surface area contributed by atoms with E-state index in [9.17, 15) is 8.78 Å². The van der Waals surface area contributed by atoms with Crippen LogP contribution < -0.4 is 5.32 Å². The van der Waals surface area contributed by atoms with E-state index in [0.717, 1.165) is 12.1 Å². The molecule has 0 fully saturated rings. The van der Waals surface area contributed by atoms with Crippen molar-refractivity contribution in [3.05, 3.63) is 55.7 Å². The second-order valence-electron chi connectivity index (χ2n) is 4.25. The quantitative estimate of drug-likeness (QED) is 0.785. The number of thiophene rings is 1. The Kier molecular flexibility index (Phi) is 4.71. The molecule has 2 rings (SSSR count). The Bertz CT molecular complexity index is 583. The Morgan fingerprint density at radius 1 is 1.37 bits per heavy atom. The molecule has 1 aromatic heterocycles. The molecule has 19 heavy (non-hydrogen) atoms. The summed E-state index contributed by atoms with van der Waals surface area (Å²) < 4.78 is 27.0. The maximum Gasteiger partial charge on any atom is 0.173 e. The summed E-state index contributed by atoms with van der Waals surface area (Å²) in [6, 6.07) is 4.70. The summed E-state index contributed by atoms with van der Waals surface area (Å²) in [5, 5.41) is 5.34. The van der Waals surface area contributed by atoms with Gasteiger partial charge in [-0.05, 0) is 58.0 Å². The lowest BCUT2D eigenvalue weighted by atomic mass is 10.0. The molecule has 0 bridgehead atoms. The van der Waals surface area contributed by atoms with Crippen LogP contribution in [0, 0.1) is 18.6 Å². The number of rotatable bonds is 4. The van der Waals surface area contributed by atoms with Crippen LogP contribution in [0.1, 0.15) is 29.0 Å². The molecule has 1 N–H and O–H groups in total. The van der Waals surface area contributed by atoms with Crippen molar-refractivity contribution in [1.29, 1.82) is 0 Å². The second-order valence-corrected chi connectivity index (χ2v) is 6.15. The zero-order valence-electron chi connectivity index (χ0n) is 10.6. The van der Waals surface area contributed by atoms with E-state index >= 15 is 0 Å². The fourth-order valence-electron chi connectivity index (χ4n) is 1.99. The van der Waals surface area contributed by atoms with Crippen molar-refractivity contribution in [2.75, 3.05) is 6.54 Å². The molecule has 0 aliphatic carbocycles. The van der Waals surface area contributed by atoms with Gasteiger partial charge >= 0.3 is 0 Å². The summed E-state index contributed by atoms with van der Waals surface area (Å²) in [6.07, 6.45) is 0. The van der Waals surface area contributed by atoms with Gasteiger partial charge in [0.25, 0.3) is 0 Å². The topological polar surface area (TPSA) is 12.0 Å². The Balaban J connectivity index is 2.48. The number of hydrogen-bond acceptors (Lipinski definition) is 2. The van der Waals surface area contributed by atoms with Crippen molar-refractivity contribution < 1.29 is 8.78 Å². The molecule has 0 aliphatic heterocycles. The summed E-state index contributed by atoms with van der Waals surface area (Å²) >= 11 is 4.80.